The van der Waals surface area contributed by atoms with Gasteiger partial charge in [0.2, 0.25) is 0 Å². The van der Waals surface area contributed by atoms with Crippen molar-refractivity contribution in [2.24, 2.45) is 4.74 Å². The molecular weight excluding hydrogens is 462 g/mol. The van der Waals surface area contributed by atoms with E-state index >= 15 is 0 Å². The summed E-state index contributed by atoms with van der Waals surface area (Å²) >= 11 is 0. The molecule has 0 bridgehead atoms. The molecule has 0 fully saturated rings. The Bertz CT molecular complexity index is 1390. The highest BCUT2D eigenvalue weighted by Gasteiger charge is 2.36. The summed E-state index contributed by atoms with van der Waals surface area (Å²) in [5, 5.41) is 14.4. The summed E-state index contributed by atoms with van der Waals surface area (Å²) in [4.78, 5) is 0. The van der Waals surface area contributed by atoms with Gasteiger partial charge in [0.05, 0.1) is 24.1 Å². The van der Waals surface area contributed by atoms with Crippen molar-refractivity contribution in [2.45, 2.75) is 0 Å². The van der Waals surface area contributed by atoms with Crippen molar-refractivity contribution in [1.29, 1.82) is 5.26 Å². The number of rotatable bonds is 6. The first-order chi connectivity index (χ1) is 17.3. The van der Waals surface area contributed by atoms with E-state index < -0.39 is 14.4 Å². The van der Waals surface area contributed by atoms with Crippen LogP contribution in [0.2, 0.25) is 0 Å². The van der Waals surface area contributed by atoms with Crippen molar-refractivity contribution in [1.82, 2.24) is 0 Å². The topological polar surface area (TPSA) is 36.1 Å². The van der Waals surface area contributed by atoms with Crippen LogP contribution in [0.1, 0.15) is 5.56 Å². The molecule has 0 radical (unpaired) electrons. The van der Waals surface area contributed by atoms with Crippen LogP contribution in [-0.4, -0.2) is 0 Å². The monoisotopic (exact) mass is 486 g/mol. The third-order valence-electron chi connectivity index (χ3n) is 5.78. The quantitative estimate of drug-likeness (QED) is 0.236. The van der Waals surface area contributed by atoms with Gasteiger partial charge in [0.15, 0.2) is 0 Å². The zero-order valence-electron chi connectivity index (χ0n) is 19.1. The van der Waals surface area contributed by atoms with Gasteiger partial charge >= 0.3 is 0 Å². The molecule has 0 aliphatic rings. The van der Waals surface area contributed by atoms with E-state index in [2.05, 4.69) is 127 Å². The van der Waals surface area contributed by atoms with E-state index in [-0.39, 0.29) is 0 Å². The smallest absolute Gasteiger partial charge is 0.0991 e. The van der Waals surface area contributed by atoms with Crippen LogP contribution in [-0.2, 0) is 0 Å². The Balaban J connectivity index is 1.93. The Morgan fingerprint density at radius 2 is 0.914 bits per heavy atom. The highest BCUT2D eigenvalue weighted by molar-refractivity contribution is 8.45. The van der Waals surface area contributed by atoms with Crippen LogP contribution in [0.5, 0.6) is 0 Å². The summed E-state index contributed by atoms with van der Waals surface area (Å²) in [7, 11) is -0.907. The Hall–Kier alpha value is -3.75. The van der Waals surface area contributed by atoms with E-state index in [0.717, 1.165) is 5.69 Å². The number of benzene rings is 5. The molecule has 5 aromatic carbocycles. The molecule has 35 heavy (non-hydrogen) atoms. The van der Waals surface area contributed by atoms with Crippen LogP contribution in [0.4, 0.5) is 5.69 Å². The van der Waals surface area contributed by atoms with Crippen molar-refractivity contribution in [3.05, 3.63) is 151 Å². The van der Waals surface area contributed by atoms with Gasteiger partial charge in [0.1, 0.15) is 0 Å². The van der Waals surface area contributed by atoms with Gasteiger partial charge in [-0.2, -0.15) is 5.26 Å². The van der Waals surface area contributed by atoms with Gasteiger partial charge in [-0.3, -0.25) is 4.74 Å². The molecule has 5 aromatic rings. The highest BCUT2D eigenvalue weighted by atomic mass is 32.1. The van der Waals surface area contributed by atoms with E-state index in [1.807, 2.05) is 24.3 Å². The molecule has 0 N–H and O–H groups in total. The molecule has 0 saturated heterocycles. The predicted octanol–water partition coefficient (Wildman–Crippen LogP) is 7.09. The Labute approximate surface area is 208 Å². The van der Waals surface area contributed by atoms with Gasteiger partial charge in [-0.05, 0) is 34.9 Å². The van der Waals surface area contributed by atoms with Crippen molar-refractivity contribution in [3.8, 4) is 6.07 Å². The summed E-state index contributed by atoms with van der Waals surface area (Å²) in [5.41, 5.74) is 1.53. The first kappa shape index (κ1) is 23.0. The second-order valence-corrected chi connectivity index (χ2v) is 15.0. The molecule has 0 amide bonds. The van der Waals surface area contributed by atoms with Gasteiger partial charge in [0.25, 0.3) is 0 Å². The average Bonchev–Trinajstić information content (AvgIpc) is 2.95. The second kappa shape index (κ2) is 10.7. The molecule has 5 rings (SSSR count). The van der Waals surface area contributed by atoms with Crippen LogP contribution in [0.25, 0.3) is 0 Å². The average molecular weight is 486 g/mol. The van der Waals surface area contributed by atoms with Gasteiger partial charge in [-0.15, -0.1) is 0 Å². The molecule has 0 aliphatic heterocycles. The predicted molar refractivity (Wildman–Crippen MR) is 151 cm³/mol. The number of hydrogen-bond acceptors (Lipinski definition) is 2. The Morgan fingerprint density at radius 1 is 0.514 bits per heavy atom. The summed E-state index contributed by atoms with van der Waals surface area (Å²) in [6, 6.07) is 53.0. The van der Waals surface area contributed by atoms with Crippen molar-refractivity contribution < 1.29 is 0 Å². The molecule has 0 saturated carbocycles. The molecule has 0 unspecified atom stereocenters. The maximum absolute atomic E-state index is 9.33. The van der Waals surface area contributed by atoms with Crippen molar-refractivity contribution >= 4 is 41.3 Å². The molecule has 4 heteroatoms. The molecular formula is C31H24N2P2. The molecule has 0 heterocycles. The van der Waals surface area contributed by atoms with Crippen LogP contribution in [0.15, 0.2) is 150 Å². The van der Waals surface area contributed by atoms with Gasteiger partial charge in [0, 0.05) is 18.2 Å². The summed E-state index contributed by atoms with van der Waals surface area (Å²) in [6.45, 7) is -2.39. The maximum Gasteiger partial charge on any atom is 0.0991 e. The minimum absolute atomic E-state index is 0.640. The number of hydrogen-bond donors (Lipinski definition) is 0. The molecule has 0 spiro atoms. The second-order valence-electron chi connectivity index (χ2n) is 8.01. The highest BCUT2D eigenvalue weighted by Crippen LogP contribution is 2.75. The molecule has 0 aromatic heterocycles. The molecule has 168 valence electrons. The van der Waals surface area contributed by atoms with Gasteiger partial charge in [-0.25, -0.2) is 0 Å². The van der Waals surface area contributed by atoms with Crippen molar-refractivity contribution in [2.75, 3.05) is 0 Å². The SMILES string of the molecule is N#Cc1ccc(N=P(c2ccccc2)(c2ccccc2)P(c2ccccc2)c2ccccc2)cc1. The molecule has 2 nitrogen and oxygen atoms in total. The summed E-state index contributed by atoms with van der Waals surface area (Å²) in [5.74, 6) is 0. The van der Waals surface area contributed by atoms with Gasteiger partial charge in [-0.1, -0.05) is 121 Å². The maximum atomic E-state index is 9.33. The normalized spacial score (nSPS) is 11.1. The zero-order chi connectivity index (χ0) is 23.9. The first-order valence-electron chi connectivity index (χ1n) is 11.5. The lowest BCUT2D eigenvalue weighted by Crippen LogP contribution is -2.23. The van der Waals surface area contributed by atoms with Crippen LogP contribution < -0.4 is 21.2 Å². The molecule has 0 atom stereocenters. The van der Waals surface area contributed by atoms with Gasteiger partial charge < -0.3 is 0 Å². The third-order valence-corrected chi connectivity index (χ3v) is 15.3. The standard InChI is InChI=1S/C31H24N2P2/c32-25-26-21-23-27(24-22-26)33-35(30-17-9-3-10-18-30,31-19-11-4-12-20-31)34(28-13-5-1-6-14-28)29-15-7-2-8-16-29/h1-24H. The lowest BCUT2D eigenvalue weighted by atomic mass is 10.2. The fraction of sp³-hybridized carbons (Fsp3) is 0. The fourth-order valence-corrected chi connectivity index (χ4v) is 14.4. The number of nitriles is 1. The van der Waals surface area contributed by atoms with Crippen molar-refractivity contribution in [3.63, 3.8) is 0 Å². The minimum Gasteiger partial charge on any atom is -0.253 e. The fourth-order valence-electron chi connectivity index (χ4n) is 4.20. The van der Waals surface area contributed by atoms with E-state index in [1.54, 1.807) is 0 Å². The first-order valence-corrected chi connectivity index (χ1v) is 15.2. The van der Waals surface area contributed by atoms with Crippen LogP contribution in [0.3, 0.4) is 0 Å². The third kappa shape index (κ3) is 4.76. The lowest BCUT2D eigenvalue weighted by molar-refractivity contribution is 1.47. The van der Waals surface area contributed by atoms with E-state index in [9.17, 15) is 5.26 Å². The van der Waals surface area contributed by atoms with E-state index in [1.165, 1.54) is 21.2 Å². The molecule has 0 aliphatic carbocycles. The Morgan fingerprint density at radius 3 is 1.31 bits per heavy atom. The summed E-state index contributed by atoms with van der Waals surface area (Å²) in [6.07, 6.45) is 0. The van der Waals surface area contributed by atoms with E-state index in [4.69, 9.17) is 4.74 Å². The van der Waals surface area contributed by atoms with E-state index in [0.29, 0.717) is 5.56 Å². The minimum atomic E-state index is -2.39. The van der Waals surface area contributed by atoms with Crippen LogP contribution >= 0.6 is 14.4 Å². The zero-order valence-corrected chi connectivity index (χ0v) is 20.9. The Kier molecular flexibility index (Phi) is 7.02. The number of nitrogens with zero attached hydrogens (tertiary/aromatic N) is 2. The summed E-state index contributed by atoms with van der Waals surface area (Å²) < 4.78 is 5.69. The van der Waals surface area contributed by atoms with Crippen LogP contribution in [0, 0.1) is 11.3 Å². The largest absolute Gasteiger partial charge is 0.253 e. The lowest BCUT2D eigenvalue weighted by Gasteiger charge is -2.35.